The molecule has 1 N–H and O–H groups in total. The van der Waals surface area contributed by atoms with E-state index >= 15 is 0 Å². The number of nitrogens with zero attached hydrogens (tertiary/aromatic N) is 2. The smallest absolute Gasteiger partial charge is 0.337 e. The third kappa shape index (κ3) is 1.36. The molecule has 2 bridgehead atoms. The van der Waals surface area contributed by atoms with Crippen LogP contribution in [0.15, 0.2) is 18.3 Å². The Kier molecular flexibility index (Phi) is 2.07. The van der Waals surface area contributed by atoms with E-state index in [1.165, 1.54) is 6.20 Å². The van der Waals surface area contributed by atoms with Crippen LogP contribution in [0, 0.1) is 0 Å². The van der Waals surface area contributed by atoms with Crippen LogP contribution >= 0.6 is 0 Å². The lowest BCUT2D eigenvalue weighted by atomic mass is 9.91. The minimum Gasteiger partial charge on any atom is -0.478 e. The molecule has 0 radical (unpaired) electrons. The molecular weight excluding hydrogens is 208 g/mol. The zero-order chi connectivity index (χ0) is 11.1. The van der Waals surface area contributed by atoms with Crippen LogP contribution in [0.25, 0.3) is 0 Å². The maximum absolute atomic E-state index is 10.7. The number of carbonyl (C=O) groups is 1. The lowest BCUT2D eigenvalue weighted by molar-refractivity contribution is 0.00969. The number of pyridine rings is 1. The fourth-order valence-corrected chi connectivity index (χ4v) is 2.38. The Morgan fingerprint density at radius 2 is 2.19 bits per heavy atom. The normalized spacial score (nSPS) is 27.4. The molecule has 2 unspecified atom stereocenters. The largest absolute Gasteiger partial charge is 0.478 e. The summed E-state index contributed by atoms with van der Waals surface area (Å²) in [4.78, 5) is 17.1. The van der Waals surface area contributed by atoms with Gasteiger partial charge in [-0.3, -0.25) is 0 Å². The Morgan fingerprint density at radius 3 is 2.69 bits per heavy atom. The highest BCUT2D eigenvalue weighted by Gasteiger charge is 2.42. The van der Waals surface area contributed by atoms with E-state index in [0.717, 1.165) is 25.5 Å². The quantitative estimate of drug-likeness (QED) is 0.797. The lowest BCUT2D eigenvalue weighted by Crippen LogP contribution is -2.64. The van der Waals surface area contributed by atoms with Gasteiger partial charge in [-0.15, -0.1) is 0 Å². The topological polar surface area (TPSA) is 62.7 Å². The predicted octanol–water partition coefficient (Wildman–Crippen LogP) is 0.757. The van der Waals surface area contributed by atoms with Gasteiger partial charge < -0.3 is 14.7 Å². The monoisotopic (exact) mass is 220 g/mol. The molecule has 2 saturated heterocycles. The summed E-state index contributed by atoms with van der Waals surface area (Å²) in [7, 11) is 0. The average Bonchev–Trinajstić information content (AvgIpc) is 2.30. The van der Waals surface area contributed by atoms with Crippen molar-refractivity contribution < 1.29 is 14.6 Å². The van der Waals surface area contributed by atoms with Crippen molar-refractivity contribution in [3.63, 3.8) is 0 Å². The molecule has 2 aliphatic heterocycles. The highest BCUT2D eigenvalue weighted by Crippen LogP contribution is 2.34. The fourth-order valence-electron chi connectivity index (χ4n) is 2.38. The molecular formula is C11H12N2O3. The van der Waals surface area contributed by atoms with E-state index in [2.05, 4.69) is 9.88 Å². The zero-order valence-electron chi connectivity index (χ0n) is 8.67. The number of aromatic carboxylic acids is 1. The lowest BCUT2D eigenvalue weighted by Gasteiger charge is -2.53. The Bertz CT molecular complexity index is 404. The highest BCUT2D eigenvalue weighted by atomic mass is 16.5. The third-order valence-electron chi connectivity index (χ3n) is 3.21. The summed E-state index contributed by atoms with van der Waals surface area (Å²) >= 11 is 0. The summed E-state index contributed by atoms with van der Waals surface area (Å²) in [5, 5.41) is 8.77. The van der Waals surface area contributed by atoms with Crippen molar-refractivity contribution in [1.82, 2.24) is 4.98 Å². The van der Waals surface area contributed by atoms with E-state index < -0.39 is 5.97 Å². The summed E-state index contributed by atoms with van der Waals surface area (Å²) in [6.45, 7) is 1.50. The van der Waals surface area contributed by atoms with Crippen LogP contribution in [-0.4, -0.2) is 41.4 Å². The van der Waals surface area contributed by atoms with Crippen molar-refractivity contribution >= 4 is 11.8 Å². The van der Waals surface area contributed by atoms with Crippen LogP contribution in [-0.2, 0) is 4.74 Å². The highest BCUT2D eigenvalue weighted by molar-refractivity contribution is 5.87. The third-order valence-corrected chi connectivity index (χ3v) is 3.21. The number of fused-ring (bicyclic) bond motifs is 2. The molecule has 3 heterocycles. The van der Waals surface area contributed by atoms with Gasteiger partial charge in [0.15, 0.2) is 0 Å². The minimum absolute atomic E-state index is 0.227. The van der Waals surface area contributed by atoms with Crippen molar-refractivity contribution in [3.05, 3.63) is 23.9 Å². The van der Waals surface area contributed by atoms with E-state index in [1.807, 2.05) is 0 Å². The number of carboxylic acid groups (broad SMARTS) is 1. The van der Waals surface area contributed by atoms with Crippen LogP contribution < -0.4 is 4.90 Å². The number of hydrogen-bond acceptors (Lipinski definition) is 4. The second kappa shape index (κ2) is 3.45. The van der Waals surface area contributed by atoms with Gasteiger partial charge in [-0.2, -0.15) is 0 Å². The predicted molar refractivity (Wildman–Crippen MR) is 56.7 cm³/mol. The molecule has 5 heteroatoms. The van der Waals surface area contributed by atoms with E-state index in [4.69, 9.17) is 9.84 Å². The average molecular weight is 220 g/mol. The Morgan fingerprint density at radius 1 is 1.44 bits per heavy atom. The van der Waals surface area contributed by atoms with Crippen LogP contribution in [0.4, 0.5) is 5.82 Å². The molecule has 5 nitrogen and oxygen atoms in total. The van der Waals surface area contributed by atoms with Crippen molar-refractivity contribution in [2.45, 2.75) is 18.5 Å². The molecule has 1 aromatic heterocycles. The second-order valence-corrected chi connectivity index (χ2v) is 4.20. The number of anilines is 1. The molecule has 0 aromatic carbocycles. The number of morpholine rings is 1. The van der Waals surface area contributed by atoms with Crippen LogP contribution in [0.2, 0.25) is 0 Å². The van der Waals surface area contributed by atoms with Gasteiger partial charge in [-0.1, -0.05) is 0 Å². The van der Waals surface area contributed by atoms with Crippen LogP contribution in [0.1, 0.15) is 16.8 Å². The summed E-state index contributed by atoms with van der Waals surface area (Å²) in [5.74, 6) is -0.0827. The van der Waals surface area contributed by atoms with Gasteiger partial charge in [0.2, 0.25) is 0 Å². The van der Waals surface area contributed by atoms with Crippen LogP contribution in [0.5, 0.6) is 0 Å². The van der Waals surface area contributed by atoms with E-state index in [0.29, 0.717) is 12.1 Å². The zero-order valence-corrected chi connectivity index (χ0v) is 8.67. The molecule has 3 rings (SSSR count). The van der Waals surface area contributed by atoms with Crippen molar-refractivity contribution in [3.8, 4) is 0 Å². The van der Waals surface area contributed by atoms with E-state index in [-0.39, 0.29) is 5.56 Å². The minimum atomic E-state index is -0.939. The summed E-state index contributed by atoms with van der Waals surface area (Å²) in [6, 6.07) is 4.21. The van der Waals surface area contributed by atoms with Crippen molar-refractivity contribution in [2.24, 2.45) is 0 Å². The van der Waals surface area contributed by atoms with Gasteiger partial charge in [0.05, 0.1) is 30.9 Å². The SMILES string of the molecule is O=C(O)c1ccc(N2C3COCC2C3)nc1. The summed E-state index contributed by atoms with van der Waals surface area (Å²) < 4.78 is 5.38. The standard InChI is InChI=1S/C11H12N2O3/c14-11(15)7-1-2-10(12-4-7)13-8-3-9(13)6-16-5-8/h1-2,4,8-9H,3,5-6H2,(H,14,15). The van der Waals surface area contributed by atoms with Gasteiger partial charge in [0.25, 0.3) is 0 Å². The molecule has 0 aliphatic carbocycles. The Labute approximate surface area is 92.7 Å². The second-order valence-electron chi connectivity index (χ2n) is 4.20. The number of carboxylic acids is 1. The van der Waals surface area contributed by atoms with Crippen molar-refractivity contribution in [1.29, 1.82) is 0 Å². The number of aromatic nitrogens is 1. The Balaban J connectivity index is 1.82. The van der Waals surface area contributed by atoms with Gasteiger partial charge in [-0.25, -0.2) is 9.78 Å². The van der Waals surface area contributed by atoms with Gasteiger partial charge in [-0.05, 0) is 18.6 Å². The van der Waals surface area contributed by atoms with Gasteiger partial charge >= 0.3 is 5.97 Å². The number of ether oxygens (including phenoxy) is 1. The molecule has 0 spiro atoms. The first-order chi connectivity index (χ1) is 7.75. The number of hydrogen-bond donors (Lipinski definition) is 1. The molecule has 2 aliphatic rings. The fraction of sp³-hybridized carbons (Fsp3) is 0.455. The molecule has 0 saturated carbocycles. The molecule has 2 atom stereocenters. The van der Waals surface area contributed by atoms with E-state index in [1.54, 1.807) is 12.1 Å². The summed E-state index contributed by atoms with van der Waals surface area (Å²) in [5.41, 5.74) is 0.227. The van der Waals surface area contributed by atoms with E-state index in [9.17, 15) is 4.79 Å². The number of rotatable bonds is 2. The molecule has 16 heavy (non-hydrogen) atoms. The molecule has 1 aromatic rings. The molecule has 0 amide bonds. The maximum atomic E-state index is 10.7. The molecule has 84 valence electrons. The molecule has 2 fully saturated rings. The first-order valence-corrected chi connectivity index (χ1v) is 5.31. The maximum Gasteiger partial charge on any atom is 0.337 e. The van der Waals surface area contributed by atoms with Gasteiger partial charge in [0.1, 0.15) is 5.82 Å². The Hall–Kier alpha value is -1.62. The summed E-state index contributed by atoms with van der Waals surface area (Å²) in [6.07, 6.45) is 2.56. The van der Waals surface area contributed by atoms with Crippen molar-refractivity contribution in [2.75, 3.05) is 18.1 Å². The van der Waals surface area contributed by atoms with Crippen LogP contribution in [0.3, 0.4) is 0 Å². The van der Waals surface area contributed by atoms with Gasteiger partial charge in [0, 0.05) is 6.20 Å². The first-order valence-electron chi connectivity index (χ1n) is 5.31. The first kappa shape index (κ1) is 9.59.